The Labute approximate surface area is 150 Å². The number of ether oxygens (including phenoxy) is 1. The molecule has 0 amide bonds. The second kappa shape index (κ2) is 11.9. The van der Waals surface area contributed by atoms with Crippen molar-refractivity contribution in [1.29, 1.82) is 0 Å². The van der Waals surface area contributed by atoms with Gasteiger partial charge in [-0.2, -0.15) is 0 Å². The van der Waals surface area contributed by atoms with Crippen LogP contribution in [-0.4, -0.2) is 13.2 Å². The third-order valence-electron chi connectivity index (χ3n) is 6.53. The molecule has 0 aromatic heterocycles. The van der Waals surface area contributed by atoms with Crippen LogP contribution in [0.3, 0.4) is 0 Å². The van der Waals surface area contributed by atoms with Crippen molar-refractivity contribution >= 4 is 0 Å². The molecule has 0 aromatic carbocycles. The number of hydrogen-bond donors (Lipinski definition) is 0. The van der Waals surface area contributed by atoms with Gasteiger partial charge in [-0.15, -0.1) is 13.2 Å². The normalized spacial score (nSPS) is 30.8. The van der Waals surface area contributed by atoms with Crippen LogP contribution in [-0.2, 0) is 4.74 Å². The Hall–Kier alpha value is -0.560. The molecule has 0 unspecified atom stereocenters. The summed E-state index contributed by atoms with van der Waals surface area (Å²) in [5, 5.41) is 0. The van der Waals surface area contributed by atoms with E-state index in [4.69, 9.17) is 4.74 Å². The molecular weight excluding hydrogens is 292 g/mol. The van der Waals surface area contributed by atoms with Crippen LogP contribution in [0.25, 0.3) is 0 Å². The second-order valence-corrected chi connectivity index (χ2v) is 8.40. The Bertz CT molecular complexity index is 298. The summed E-state index contributed by atoms with van der Waals surface area (Å²) in [6.45, 7) is 9.23. The first-order valence-electron chi connectivity index (χ1n) is 10.6. The van der Waals surface area contributed by atoms with Crippen molar-refractivity contribution < 1.29 is 4.74 Å². The molecule has 0 spiro atoms. The largest absolute Gasteiger partial charge is 0.377 e. The molecular formula is C23H40O. The minimum atomic E-state index is 0.718. The molecule has 1 nitrogen and oxygen atoms in total. The quantitative estimate of drug-likeness (QED) is 0.294. The summed E-state index contributed by atoms with van der Waals surface area (Å²) in [4.78, 5) is 0. The molecule has 2 fully saturated rings. The summed E-state index contributed by atoms with van der Waals surface area (Å²) in [6, 6.07) is 0. The lowest BCUT2D eigenvalue weighted by atomic mass is 9.75. The highest BCUT2D eigenvalue weighted by Crippen LogP contribution is 2.37. The average Bonchev–Trinajstić information content (AvgIpc) is 2.63. The molecule has 1 heteroatoms. The van der Waals surface area contributed by atoms with Gasteiger partial charge < -0.3 is 4.74 Å². The number of unbranched alkanes of at least 4 members (excludes halogenated alkanes) is 1. The van der Waals surface area contributed by atoms with Crippen LogP contribution in [0.2, 0.25) is 0 Å². The van der Waals surface area contributed by atoms with E-state index in [1.807, 2.05) is 6.08 Å². The number of allylic oxidation sites excluding steroid dienone is 1. The van der Waals surface area contributed by atoms with Crippen LogP contribution in [0, 0.1) is 23.7 Å². The van der Waals surface area contributed by atoms with Crippen molar-refractivity contribution in [1.82, 2.24) is 0 Å². The molecule has 2 aliphatic carbocycles. The summed E-state index contributed by atoms with van der Waals surface area (Å²) in [5.74, 6) is 3.87. The van der Waals surface area contributed by atoms with E-state index in [0.717, 1.165) is 36.9 Å². The van der Waals surface area contributed by atoms with Gasteiger partial charge in [-0.1, -0.05) is 69.9 Å². The lowest BCUT2D eigenvalue weighted by Gasteiger charge is -2.32. The third kappa shape index (κ3) is 7.55. The van der Waals surface area contributed by atoms with Gasteiger partial charge >= 0.3 is 0 Å². The lowest BCUT2D eigenvalue weighted by molar-refractivity contribution is 0.0936. The van der Waals surface area contributed by atoms with Crippen LogP contribution >= 0.6 is 0 Å². The molecule has 24 heavy (non-hydrogen) atoms. The maximum Gasteiger partial charge on any atom is 0.0644 e. The van der Waals surface area contributed by atoms with Crippen LogP contribution in [0.1, 0.15) is 83.5 Å². The van der Waals surface area contributed by atoms with Crippen molar-refractivity contribution in [3.05, 3.63) is 25.3 Å². The van der Waals surface area contributed by atoms with Gasteiger partial charge in [-0.05, 0) is 49.4 Å². The highest BCUT2D eigenvalue weighted by atomic mass is 16.5. The summed E-state index contributed by atoms with van der Waals surface area (Å²) in [6.07, 6.45) is 22.6. The first kappa shape index (κ1) is 19.8. The van der Waals surface area contributed by atoms with E-state index in [-0.39, 0.29) is 0 Å². The maximum atomic E-state index is 5.63. The predicted molar refractivity (Wildman–Crippen MR) is 105 cm³/mol. The standard InChI is InChI=1S/C23H40O/c1-3-5-6-7-20-8-10-21(11-9-20)12-13-22-14-16-23(17-15-22)19-24-18-4-2/h3-4,20-23H,1-2,5-19H2. The van der Waals surface area contributed by atoms with E-state index < -0.39 is 0 Å². The predicted octanol–water partition coefficient (Wildman–Crippen LogP) is 6.94. The summed E-state index contributed by atoms with van der Waals surface area (Å²) >= 11 is 0. The Morgan fingerprint density at radius 3 is 1.67 bits per heavy atom. The first-order chi connectivity index (χ1) is 11.8. The van der Waals surface area contributed by atoms with Crippen LogP contribution in [0.5, 0.6) is 0 Å². The van der Waals surface area contributed by atoms with Crippen molar-refractivity contribution in [2.75, 3.05) is 13.2 Å². The van der Waals surface area contributed by atoms with E-state index in [1.165, 1.54) is 83.5 Å². The maximum absolute atomic E-state index is 5.63. The molecule has 2 saturated carbocycles. The highest BCUT2D eigenvalue weighted by molar-refractivity contribution is 4.77. The van der Waals surface area contributed by atoms with Crippen molar-refractivity contribution in [2.24, 2.45) is 23.7 Å². The van der Waals surface area contributed by atoms with Gasteiger partial charge in [-0.3, -0.25) is 0 Å². The topological polar surface area (TPSA) is 9.23 Å². The molecule has 0 N–H and O–H groups in total. The van der Waals surface area contributed by atoms with E-state index in [1.54, 1.807) is 0 Å². The highest BCUT2D eigenvalue weighted by Gasteiger charge is 2.24. The van der Waals surface area contributed by atoms with E-state index in [9.17, 15) is 0 Å². The lowest BCUT2D eigenvalue weighted by Crippen LogP contribution is -2.20. The smallest absolute Gasteiger partial charge is 0.0644 e. The summed E-state index contributed by atoms with van der Waals surface area (Å²) in [7, 11) is 0. The second-order valence-electron chi connectivity index (χ2n) is 8.40. The van der Waals surface area contributed by atoms with Crippen LogP contribution in [0.4, 0.5) is 0 Å². The molecule has 0 radical (unpaired) electrons. The molecule has 0 bridgehead atoms. The van der Waals surface area contributed by atoms with Gasteiger partial charge in [0, 0.05) is 6.61 Å². The molecule has 138 valence electrons. The number of hydrogen-bond acceptors (Lipinski definition) is 1. The monoisotopic (exact) mass is 332 g/mol. The molecule has 0 heterocycles. The summed E-state index contributed by atoms with van der Waals surface area (Å²) in [5.41, 5.74) is 0. The molecule has 0 aromatic rings. The number of rotatable bonds is 11. The van der Waals surface area contributed by atoms with Crippen molar-refractivity contribution in [2.45, 2.75) is 83.5 Å². The van der Waals surface area contributed by atoms with Crippen molar-refractivity contribution in [3.63, 3.8) is 0 Å². The zero-order valence-electron chi connectivity index (χ0n) is 15.9. The average molecular weight is 333 g/mol. The van der Waals surface area contributed by atoms with E-state index in [0.29, 0.717) is 0 Å². The van der Waals surface area contributed by atoms with E-state index in [2.05, 4.69) is 19.2 Å². The van der Waals surface area contributed by atoms with Gasteiger partial charge in [0.05, 0.1) is 6.61 Å². The Morgan fingerprint density at radius 2 is 1.17 bits per heavy atom. The zero-order valence-corrected chi connectivity index (χ0v) is 15.9. The minimum absolute atomic E-state index is 0.718. The molecule has 0 aliphatic heterocycles. The van der Waals surface area contributed by atoms with Gasteiger partial charge in [-0.25, -0.2) is 0 Å². The van der Waals surface area contributed by atoms with Gasteiger partial charge in [0.2, 0.25) is 0 Å². The molecule has 2 aliphatic rings. The fourth-order valence-electron chi connectivity index (χ4n) is 4.84. The molecule has 0 atom stereocenters. The van der Waals surface area contributed by atoms with Gasteiger partial charge in [0.15, 0.2) is 0 Å². The Balaban J connectivity index is 1.51. The third-order valence-corrected chi connectivity index (χ3v) is 6.53. The van der Waals surface area contributed by atoms with Crippen molar-refractivity contribution in [3.8, 4) is 0 Å². The Kier molecular flexibility index (Phi) is 9.80. The summed E-state index contributed by atoms with van der Waals surface area (Å²) < 4.78 is 5.63. The van der Waals surface area contributed by atoms with Gasteiger partial charge in [0.25, 0.3) is 0 Å². The fraction of sp³-hybridized carbons (Fsp3) is 0.826. The zero-order chi connectivity index (χ0) is 17.0. The first-order valence-corrected chi connectivity index (χ1v) is 10.6. The van der Waals surface area contributed by atoms with Gasteiger partial charge in [0.1, 0.15) is 0 Å². The molecule has 0 saturated heterocycles. The fourth-order valence-corrected chi connectivity index (χ4v) is 4.84. The Morgan fingerprint density at radius 1 is 0.667 bits per heavy atom. The minimum Gasteiger partial charge on any atom is -0.377 e. The molecule has 2 rings (SSSR count). The van der Waals surface area contributed by atoms with E-state index >= 15 is 0 Å². The SMILES string of the molecule is C=CCCCC1CCC(CCC2CCC(COCC=C)CC2)CC1. The van der Waals surface area contributed by atoms with Crippen LogP contribution < -0.4 is 0 Å². The van der Waals surface area contributed by atoms with Crippen LogP contribution in [0.15, 0.2) is 25.3 Å².